The van der Waals surface area contributed by atoms with Crippen LogP contribution in [-0.4, -0.2) is 72.8 Å². The molecule has 1 fully saturated rings. The van der Waals surface area contributed by atoms with Gasteiger partial charge >= 0.3 is 11.9 Å². The van der Waals surface area contributed by atoms with Crippen LogP contribution in [0.5, 0.6) is 5.75 Å². The zero-order valence-corrected chi connectivity index (χ0v) is 18.4. The van der Waals surface area contributed by atoms with Crippen molar-refractivity contribution in [2.24, 2.45) is 0 Å². The van der Waals surface area contributed by atoms with Crippen molar-refractivity contribution in [1.29, 1.82) is 0 Å². The Kier molecular flexibility index (Phi) is 9.77. The van der Waals surface area contributed by atoms with Gasteiger partial charge in [-0.2, -0.15) is 0 Å². The smallest absolute Gasteiger partial charge is 0.414 e. The molecule has 1 aliphatic rings. The Balaban J connectivity index is 0.000000534. The fourth-order valence-corrected chi connectivity index (χ4v) is 3.34. The van der Waals surface area contributed by atoms with E-state index in [0.29, 0.717) is 11.4 Å². The number of rotatable bonds is 6. The molecule has 2 aromatic rings. The highest BCUT2D eigenvalue weighted by molar-refractivity contribution is 6.30. The highest BCUT2D eigenvalue weighted by Crippen LogP contribution is 2.28. The van der Waals surface area contributed by atoms with E-state index in [4.69, 9.17) is 36.1 Å². The Morgan fingerprint density at radius 1 is 1.00 bits per heavy atom. The van der Waals surface area contributed by atoms with Gasteiger partial charge in [0, 0.05) is 49.9 Å². The number of carboxylic acids is 2. The summed E-state index contributed by atoms with van der Waals surface area (Å²) >= 11 is 5.94. The average molecular weight is 464 g/mol. The lowest BCUT2D eigenvalue weighted by atomic mass is 10.2. The van der Waals surface area contributed by atoms with Gasteiger partial charge < -0.3 is 25.2 Å². The highest BCUT2D eigenvalue weighted by atomic mass is 35.5. The molecule has 0 saturated carbocycles. The monoisotopic (exact) mass is 463 g/mol. The number of nitrogens with one attached hydrogen (secondary N) is 1. The molecule has 10 heteroatoms. The minimum Gasteiger partial charge on any atom is -0.495 e. The normalized spacial score (nSPS) is 13.5. The van der Waals surface area contributed by atoms with Crippen LogP contribution in [0, 0.1) is 0 Å². The van der Waals surface area contributed by atoms with Crippen LogP contribution in [0.25, 0.3) is 0 Å². The van der Waals surface area contributed by atoms with Gasteiger partial charge in [-0.05, 0) is 30.3 Å². The number of methoxy groups -OCH3 is 1. The molecule has 0 radical (unpaired) electrons. The number of nitrogens with zero attached hydrogens (tertiary/aromatic N) is 2. The predicted molar refractivity (Wildman–Crippen MR) is 122 cm³/mol. The summed E-state index contributed by atoms with van der Waals surface area (Å²) in [5, 5.41) is 18.3. The summed E-state index contributed by atoms with van der Waals surface area (Å²) in [5.74, 6) is -2.73. The molecule has 32 heavy (non-hydrogen) atoms. The number of para-hydroxylation sites is 2. The molecule has 1 amide bonds. The third-order valence-corrected chi connectivity index (χ3v) is 4.98. The van der Waals surface area contributed by atoms with E-state index < -0.39 is 11.9 Å². The number of carbonyl (C=O) groups excluding carboxylic acids is 1. The van der Waals surface area contributed by atoms with Crippen LogP contribution in [-0.2, 0) is 14.4 Å². The SMILES string of the molecule is COc1ccccc1N1CCN(CCC(=O)Nc2cccc(Cl)c2)CC1.O=C(O)C(=O)O. The third-order valence-electron chi connectivity index (χ3n) is 4.74. The molecule has 2 aromatic carbocycles. The van der Waals surface area contributed by atoms with Crippen LogP contribution >= 0.6 is 11.6 Å². The Morgan fingerprint density at radius 3 is 2.25 bits per heavy atom. The molecular formula is C22H26ClN3O6. The number of carboxylic acid groups (broad SMARTS) is 2. The van der Waals surface area contributed by atoms with Gasteiger partial charge in [-0.3, -0.25) is 9.69 Å². The fourth-order valence-electron chi connectivity index (χ4n) is 3.15. The maximum Gasteiger partial charge on any atom is 0.414 e. The standard InChI is InChI=1S/C20H24ClN3O2.C2H2O4/c1-26-19-8-3-2-7-18(19)24-13-11-23(12-14-24)10-9-20(25)22-17-6-4-5-16(21)15-17;3-1(4)2(5)6/h2-8,15H,9-14H2,1H3,(H,22,25);(H,3,4)(H,5,6). The van der Waals surface area contributed by atoms with Crippen molar-refractivity contribution in [3.8, 4) is 5.75 Å². The van der Waals surface area contributed by atoms with Crippen LogP contribution in [0.4, 0.5) is 11.4 Å². The maximum atomic E-state index is 12.1. The molecule has 0 aromatic heterocycles. The molecule has 1 heterocycles. The van der Waals surface area contributed by atoms with E-state index in [1.165, 1.54) is 0 Å². The number of halogens is 1. The first-order valence-corrected chi connectivity index (χ1v) is 10.3. The Morgan fingerprint density at radius 2 is 1.66 bits per heavy atom. The van der Waals surface area contributed by atoms with Crippen molar-refractivity contribution in [2.45, 2.75) is 6.42 Å². The minimum absolute atomic E-state index is 0.0134. The van der Waals surface area contributed by atoms with Gasteiger partial charge in [0.1, 0.15) is 5.75 Å². The summed E-state index contributed by atoms with van der Waals surface area (Å²) < 4.78 is 5.45. The van der Waals surface area contributed by atoms with Crippen LogP contribution in [0.2, 0.25) is 5.02 Å². The molecule has 1 saturated heterocycles. The lowest BCUT2D eigenvalue weighted by Gasteiger charge is -2.36. The zero-order chi connectivity index (χ0) is 23.5. The molecule has 0 unspecified atom stereocenters. The zero-order valence-electron chi connectivity index (χ0n) is 17.7. The molecule has 0 aliphatic carbocycles. The number of ether oxygens (including phenoxy) is 1. The Hall–Kier alpha value is -3.30. The second kappa shape index (κ2) is 12.5. The largest absolute Gasteiger partial charge is 0.495 e. The molecule has 9 nitrogen and oxygen atoms in total. The lowest BCUT2D eigenvalue weighted by molar-refractivity contribution is -0.159. The highest BCUT2D eigenvalue weighted by Gasteiger charge is 2.19. The topological polar surface area (TPSA) is 119 Å². The Labute approximate surface area is 191 Å². The molecule has 3 N–H and O–H groups in total. The molecular weight excluding hydrogens is 438 g/mol. The quantitative estimate of drug-likeness (QED) is 0.559. The van der Waals surface area contributed by atoms with Crippen molar-refractivity contribution >= 4 is 40.8 Å². The van der Waals surface area contributed by atoms with Gasteiger partial charge in [0.05, 0.1) is 12.8 Å². The molecule has 3 rings (SSSR count). The van der Waals surface area contributed by atoms with Crippen LogP contribution in [0.3, 0.4) is 0 Å². The van der Waals surface area contributed by atoms with Gasteiger partial charge in [0.25, 0.3) is 0 Å². The first-order chi connectivity index (χ1) is 15.3. The van der Waals surface area contributed by atoms with Crippen LogP contribution < -0.4 is 15.0 Å². The number of hydrogen-bond acceptors (Lipinski definition) is 6. The third kappa shape index (κ3) is 8.09. The van der Waals surface area contributed by atoms with E-state index >= 15 is 0 Å². The van der Waals surface area contributed by atoms with E-state index in [-0.39, 0.29) is 5.91 Å². The minimum atomic E-state index is -1.82. The predicted octanol–water partition coefficient (Wildman–Crippen LogP) is 2.66. The lowest BCUT2D eigenvalue weighted by Crippen LogP contribution is -2.47. The van der Waals surface area contributed by atoms with Crippen molar-refractivity contribution in [3.63, 3.8) is 0 Å². The van der Waals surface area contributed by atoms with Crippen molar-refractivity contribution in [1.82, 2.24) is 4.90 Å². The summed E-state index contributed by atoms with van der Waals surface area (Å²) in [7, 11) is 1.70. The summed E-state index contributed by atoms with van der Waals surface area (Å²) in [4.78, 5) is 35.0. The molecule has 1 aliphatic heterocycles. The number of aliphatic carboxylic acids is 2. The summed E-state index contributed by atoms with van der Waals surface area (Å²) in [5.41, 5.74) is 1.87. The summed E-state index contributed by atoms with van der Waals surface area (Å²) in [6.07, 6.45) is 0.473. The average Bonchev–Trinajstić information content (AvgIpc) is 2.78. The summed E-state index contributed by atoms with van der Waals surface area (Å²) in [6, 6.07) is 15.3. The van der Waals surface area contributed by atoms with Crippen molar-refractivity contribution in [2.75, 3.05) is 50.1 Å². The van der Waals surface area contributed by atoms with E-state index in [1.807, 2.05) is 30.3 Å². The van der Waals surface area contributed by atoms with E-state index in [9.17, 15) is 4.79 Å². The van der Waals surface area contributed by atoms with Gasteiger partial charge in [0.2, 0.25) is 5.91 Å². The number of anilines is 2. The second-order valence-corrected chi connectivity index (χ2v) is 7.36. The van der Waals surface area contributed by atoms with Crippen LogP contribution in [0.15, 0.2) is 48.5 Å². The Bertz CT molecular complexity index is 919. The van der Waals surface area contributed by atoms with E-state index in [2.05, 4.69) is 21.2 Å². The molecule has 0 bridgehead atoms. The molecule has 172 valence electrons. The number of hydrogen-bond donors (Lipinski definition) is 3. The van der Waals surface area contributed by atoms with Crippen molar-refractivity contribution < 1.29 is 29.3 Å². The van der Waals surface area contributed by atoms with E-state index in [1.54, 1.807) is 19.2 Å². The fraction of sp³-hybridized carbons (Fsp3) is 0.318. The number of amides is 1. The van der Waals surface area contributed by atoms with E-state index in [0.717, 1.165) is 49.8 Å². The molecule has 0 atom stereocenters. The van der Waals surface area contributed by atoms with Gasteiger partial charge in [0.15, 0.2) is 0 Å². The number of piperazine rings is 1. The van der Waals surface area contributed by atoms with Gasteiger partial charge in [-0.25, -0.2) is 9.59 Å². The van der Waals surface area contributed by atoms with Gasteiger partial charge in [-0.1, -0.05) is 29.8 Å². The van der Waals surface area contributed by atoms with Crippen molar-refractivity contribution in [3.05, 3.63) is 53.6 Å². The van der Waals surface area contributed by atoms with Crippen LogP contribution in [0.1, 0.15) is 6.42 Å². The summed E-state index contributed by atoms with van der Waals surface area (Å²) in [6.45, 7) is 4.48. The number of carbonyl (C=O) groups is 3. The first kappa shape index (κ1) is 25.0. The molecule has 0 spiro atoms. The number of benzene rings is 2. The van der Waals surface area contributed by atoms with Gasteiger partial charge in [-0.15, -0.1) is 0 Å². The first-order valence-electron chi connectivity index (χ1n) is 9.92. The maximum absolute atomic E-state index is 12.1. The second-order valence-electron chi connectivity index (χ2n) is 6.92.